The number of hydrogen-bond acceptors (Lipinski definition) is 4. The Hall–Kier alpha value is -1.00. The molecule has 1 aliphatic heterocycles. The molecule has 2 rings (SSSR count). The topological polar surface area (TPSA) is 41.0 Å². The molecule has 0 radical (unpaired) electrons. The molecular formula is C12H20N4. The summed E-state index contributed by atoms with van der Waals surface area (Å²) in [6, 6.07) is 1.87. The first-order valence-electron chi connectivity index (χ1n) is 5.89. The summed E-state index contributed by atoms with van der Waals surface area (Å²) in [7, 11) is 0. The molecule has 0 saturated carbocycles. The molecule has 0 aromatic carbocycles. The average Bonchev–Trinajstić information content (AvgIpc) is 2.31. The molecule has 4 heteroatoms. The van der Waals surface area contributed by atoms with E-state index in [-0.39, 0.29) is 5.41 Å². The molecule has 0 atom stereocenters. The van der Waals surface area contributed by atoms with Crippen LogP contribution in [-0.2, 0) is 5.41 Å². The van der Waals surface area contributed by atoms with Crippen LogP contribution in [0.3, 0.4) is 0 Å². The highest BCUT2D eigenvalue weighted by molar-refractivity contribution is 5.05. The summed E-state index contributed by atoms with van der Waals surface area (Å²) in [6.45, 7) is 9.87. The molecule has 2 heterocycles. The molecule has 88 valence electrons. The van der Waals surface area contributed by atoms with Crippen LogP contribution in [0.15, 0.2) is 18.5 Å². The Balaban J connectivity index is 2.01. The highest BCUT2D eigenvalue weighted by atomic mass is 15.2. The van der Waals surface area contributed by atoms with E-state index in [0.717, 1.165) is 38.5 Å². The molecule has 16 heavy (non-hydrogen) atoms. The Kier molecular flexibility index (Phi) is 3.51. The van der Waals surface area contributed by atoms with Crippen LogP contribution in [0.5, 0.6) is 0 Å². The van der Waals surface area contributed by atoms with Gasteiger partial charge in [-0.1, -0.05) is 13.8 Å². The second-order valence-corrected chi connectivity index (χ2v) is 4.98. The SMILES string of the molecule is CC(C)(CN1CCNCC1)c1ncccn1. The van der Waals surface area contributed by atoms with Gasteiger partial charge in [-0.05, 0) is 6.07 Å². The van der Waals surface area contributed by atoms with E-state index in [1.54, 1.807) is 0 Å². The van der Waals surface area contributed by atoms with Gasteiger partial charge >= 0.3 is 0 Å². The van der Waals surface area contributed by atoms with Gasteiger partial charge in [0.15, 0.2) is 0 Å². The zero-order valence-corrected chi connectivity index (χ0v) is 10.1. The Morgan fingerprint density at radius 1 is 1.25 bits per heavy atom. The lowest BCUT2D eigenvalue weighted by Gasteiger charge is -2.34. The molecule has 0 spiro atoms. The van der Waals surface area contributed by atoms with Crippen LogP contribution in [0.2, 0.25) is 0 Å². The predicted octanol–water partition coefficient (Wildman–Crippen LogP) is 0.659. The molecule has 0 aliphatic carbocycles. The lowest BCUT2D eigenvalue weighted by molar-refractivity contribution is 0.196. The largest absolute Gasteiger partial charge is 0.314 e. The van der Waals surface area contributed by atoms with Crippen molar-refractivity contribution in [3.05, 3.63) is 24.3 Å². The fraction of sp³-hybridized carbons (Fsp3) is 0.667. The van der Waals surface area contributed by atoms with E-state index in [1.807, 2.05) is 18.5 Å². The summed E-state index contributed by atoms with van der Waals surface area (Å²) in [6.07, 6.45) is 3.64. The van der Waals surface area contributed by atoms with Crippen LogP contribution in [0.4, 0.5) is 0 Å². The van der Waals surface area contributed by atoms with E-state index < -0.39 is 0 Å². The van der Waals surface area contributed by atoms with Crippen molar-refractivity contribution in [1.29, 1.82) is 0 Å². The van der Waals surface area contributed by atoms with E-state index in [1.165, 1.54) is 0 Å². The van der Waals surface area contributed by atoms with E-state index in [4.69, 9.17) is 0 Å². The van der Waals surface area contributed by atoms with E-state index in [9.17, 15) is 0 Å². The number of hydrogen-bond donors (Lipinski definition) is 1. The molecule has 1 aromatic rings. The van der Waals surface area contributed by atoms with Gasteiger partial charge in [0.25, 0.3) is 0 Å². The minimum Gasteiger partial charge on any atom is -0.314 e. The van der Waals surface area contributed by atoms with Crippen molar-refractivity contribution in [2.75, 3.05) is 32.7 Å². The summed E-state index contributed by atoms with van der Waals surface area (Å²) in [5, 5.41) is 3.37. The van der Waals surface area contributed by atoms with Gasteiger partial charge in [-0.3, -0.25) is 4.90 Å². The predicted molar refractivity (Wildman–Crippen MR) is 64.4 cm³/mol. The number of nitrogens with one attached hydrogen (secondary N) is 1. The molecule has 1 saturated heterocycles. The maximum absolute atomic E-state index is 4.36. The van der Waals surface area contributed by atoms with Gasteiger partial charge in [0.05, 0.1) is 0 Å². The Morgan fingerprint density at radius 3 is 2.50 bits per heavy atom. The molecule has 1 aliphatic rings. The maximum atomic E-state index is 4.36. The van der Waals surface area contributed by atoms with Crippen molar-refractivity contribution >= 4 is 0 Å². The van der Waals surface area contributed by atoms with Gasteiger partial charge in [-0.25, -0.2) is 9.97 Å². The Labute approximate surface area is 97.1 Å². The van der Waals surface area contributed by atoms with Crippen LogP contribution < -0.4 is 5.32 Å². The molecule has 0 amide bonds. The highest BCUT2D eigenvalue weighted by Crippen LogP contribution is 2.20. The molecular weight excluding hydrogens is 200 g/mol. The van der Waals surface area contributed by atoms with E-state index in [0.29, 0.717) is 0 Å². The normalized spacial score (nSPS) is 18.6. The second-order valence-electron chi connectivity index (χ2n) is 4.98. The van der Waals surface area contributed by atoms with Crippen molar-refractivity contribution in [3.63, 3.8) is 0 Å². The van der Waals surface area contributed by atoms with Crippen molar-refractivity contribution in [3.8, 4) is 0 Å². The molecule has 1 N–H and O–H groups in total. The van der Waals surface area contributed by atoms with Crippen LogP contribution in [-0.4, -0.2) is 47.6 Å². The van der Waals surface area contributed by atoms with Gasteiger partial charge in [0.2, 0.25) is 0 Å². The highest BCUT2D eigenvalue weighted by Gasteiger charge is 2.27. The van der Waals surface area contributed by atoms with Crippen LogP contribution in [0.1, 0.15) is 19.7 Å². The molecule has 4 nitrogen and oxygen atoms in total. The van der Waals surface area contributed by atoms with E-state index >= 15 is 0 Å². The summed E-state index contributed by atoms with van der Waals surface area (Å²) in [5.41, 5.74) is 0.0264. The summed E-state index contributed by atoms with van der Waals surface area (Å²) < 4.78 is 0. The molecule has 0 unspecified atom stereocenters. The van der Waals surface area contributed by atoms with Gasteiger partial charge in [0.1, 0.15) is 5.82 Å². The standard InChI is InChI=1S/C12H20N4/c1-12(2,11-14-4-3-5-15-11)10-16-8-6-13-7-9-16/h3-5,13H,6-10H2,1-2H3. The third kappa shape index (κ3) is 2.77. The zero-order valence-electron chi connectivity index (χ0n) is 10.1. The number of piperazine rings is 1. The summed E-state index contributed by atoms with van der Waals surface area (Å²) in [4.78, 5) is 11.2. The lowest BCUT2D eigenvalue weighted by Crippen LogP contribution is -2.48. The first-order chi connectivity index (χ1) is 7.68. The fourth-order valence-electron chi connectivity index (χ4n) is 2.15. The quantitative estimate of drug-likeness (QED) is 0.812. The lowest BCUT2D eigenvalue weighted by atomic mass is 9.91. The van der Waals surface area contributed by atoms with Crippen molar-refractivity contribution in [2.45, 2.75) is 19.3 Å². The fourth-order valence-corrected chi connectivity index (χ4v) is 2.15. The average molecular weight is 220 g/mol. The summed E-state index contributed by atoms with van der Waals surface area (Å²) >= 11 is 0. The second kappa shape index (κ2) is 4.89. The van der Waals surface area contributed by atoms with Gasteiger partial charge < -0.3 is 5.32 Å². The first kappa shape index (κ1) is 11.5. The minimum absolute atomic E-state index is 0.0264. The van der Waals surface area contributed by atoms with Crippen molar-refractivity contribution in [2.24, 2.45) is 0 Å². The first-order valence-corrected chi connectivity index (χ1v) is 5.89. The Bertz CT molecular complexity index is 317. The number of nitrogens with zero attached hydrogens (tertiary/aromatic N) is 3. The number of rotatable bonds is 3. The molecule has 1 aromatic heterocycles. The van der Waals surface area contributed by atoms with Gasteiger partial charge in [-0.2, -0.15) is 0 Å². The van der Waals surface area contributed by atoms with Crippen LogP contribution in [0.25, 0.3) is 0 Å². The third-order valence-electron chi connectivity index (χ3n) is 3.00. The van der Waals surface area contributed by atoms with Gasteiger partial charge in [0, 0.05) is 50.5 Å². The van der Waals surface area contributed by atoms with Crippen molar-refractivity contribution < 1.29 is 0 Å². The molecule has 0 bridgehead atoms. The smallest absolute Gasteiger partial charge is 0.135 e. The summed E-state index contributed by atoms with van der Waals surface area (Å²) in [5.74, 6) is 0.938. The third-order valence-corrected chi connectivity index (χ3v) is 3.00. The van der Waals surface area contributed by atoms with Gasteiger partial charge in [-0.15, -0.1) is 0 Å². The van der Waals surface area contributed by atoms with Crippen LogP contribution >= 0.6 is 0 Å². The van der Waals surface area contributed by atoms with Crippen molar-refractivity contribution in [1.82, 2.24) is 20.2 Å². The maximum Gasteiger partial charge on any atom is 0.135 e. The zero-order chi connectivity index (χ0) is 11.4. The Morgan fingerprint density at radius 2 is 1.88 bits per heavy atom. The minimum atomic E-state index is 0.0264. The number of aromatic nitrogens is 2. The van der Waals surface area contributed by atoms with Crippen LogP contribution in [0, 0.1) is 0 Å². The molecule has 1 fully saturated rings. The monoisotopic (exact) mass is 220 g/mol. The van der Waals surface area contributed by atoms with E-state index in [2.05, 4.69) is 34.0 Å².